The molecule has 1 aliphatic heterocycles. The smallest absolute Gasteiger partial charge is 0.314 e. The number of nitrogens with zero attached hydrogens (tertiary/aromatic N) is 2. The van der Waals surface area contributed by atoms with Gasteiger partial charge in [0.2, 0.25) is 0 Å². The number of hydrogen-bond acceptors (Lipinski definition) is 5. The van der Waals surface area contributed by atoms with E-state index in [1.807, 2.05) is 16.1 Å². The summed E-state index contributed by atoms with van der Waals surface area (Å²) in [6.07, 6.45) is 4.90. The van der Waals surface area contributed by atoms with Crippen LogP contribution < -0.4 is 4.80 Å². The summed E-state index contributed by atoms with van der Waals surface area (Å²) in [6, 6.07) is 10.3. The second kappa shape index (κ2) is 9.47. The number of hydrogen-bond donors (Lipinski definition) is 1. The van der Waals surface area contributed by atoms with Crippen LogP contribution in [-0.2, 0) is 21.2 Å². The molecule has 1 saturated heterocycles. The number of fused-ring (bicyclic) bond motifs is 1. The van der Waals surface area contributed by atoms with E-state index in [0.29, 0.717) is 27.4 Å². The molecule has 170 valence electrons. The fraction of sp³-hybridized carbons (Fsp3) is 0.391. The van der Waals surface area contributed by atoms with Gasteiger partial charge in [-0.1, -0.05) is 23.7 Å². The molecule has 1 N–H and O–H groups in total. The minimum Gasteiger partial charge on any atom is -0.318 e. The van der Waals surface area contributed by atoms with Gasteiger partial charge in [-0.3, -0.25) is 9.89 Å². The Morgan fingerprint density at radius 3 is 2.53 bits per heavy atom. The minimum atomic E-state index is -3.58. The maximum Gasteiger partial charge on any atom is 0.314 e. The molecule has 1 fully saturated rings. The van der Waals surface area contributed by atoms with Gasteiger partial charge in [-0.15, -0.1) is 11.3 Å². The number of likely N-dealkylation sites (tertiary alicyclic amines) is 1. The zero-order valence-corrected chi connectivity index (χ0v) is 20.2. The molecule has 0 spiro atoms. The summed E-state index contributed by atoms with van der Waals surface area (Å²) in [5, 5.41) is 12.1. The Hall–Kier alpha value is -2.00. The highest BCUT2D eigenvalue weighted by molar-refractivity contribution is 7.91. The van der Waals surface area contributed by atoms with Crippen molar-refractivity contribution in [3.05, 3.63) is 57.8 Å². The second-order valence-corrected chi connectivity index (χ2v) is 11.8. The fourth-order valence-corrected chi connectivity index (χ4v) is 6.52. The lowest BCUT2D eigenvalue weighted by Crippen LogP contribution is -2.57. The van der Waals surface area contributed by atoms with Crippen molar-refractivity contribution in [3.8, 4) is 0 Å². The Morgan fingerprint density at radius 2 is 1.81 bits per heavy atom. The molecule has 9 heteroatoms. The number of nitrogens with one attached hydrogen (secondary N) is 1. The van der Waals surface area contributed by atoms with Crippen LogP contribution in [0.5, 0.6) is 0 Å². The molecule has 4 rings (SSSR count). The van der Waals surface area contributed by atoms with Gasteiger partial charge in [0.05, 0.1) is 36.7 Å². The number of rotatable bonds is 7. The predicted octanol–water partition coefficient (Wildman–Crippen LogP) is 4.23. The standard InChI is InChI=1S/C23H27ClN3O3S2/c24-20-6-4-19-17-21(7-5-18(19)16-20)32(29,30)15-8-22(28)27(11-2-1-3-12-27)13-9-26-10-14-31-23(26)25/h4-7,10,14,16-17,25H,1-3,8-9,11-13,15H2/q+1. The van der Waals surface area contributed by atoms with E-state index in [9.17, 15) is 13.2 Å². The van der Waals surface area contributed by atoms with Crippen LogP contribution in [0.2, 0.25) is 5.02 Å². The Bertz CT molecular complexity index is 1290. The predicted molar refractivity (Wildman–Crippen MR) is 128 cm³/mol. The molecule has 1 amide bonds. The van der Waals surface area contributed by atoms with E-state index in [1.165, 1.54) is 11.3 Å². The molecule has 2 aromatic carbocycles. The van der Waals surface area contributed by atoms with Gasteiger partial charge in [-0.2, -0.15) is 0 Å². The summed E-state index contributed by atoms with van der Waals surface area (Å²) < 4.78 is 28.2. The molecule has 0 atom stereocenters. The van der Waals surface area contributed by atoms with E-state index in [1.54, 1.807) is 36.4 Å². The first-order valence-corrected chi connectivity index (χ1v) is 13.7. The lowest BCUT2D eigenvalue weighted by atomic mass is 10.1. The Balaban J connectivity index is 1.48. The van der Waals surface area contributed by atoms with Crippen molar-refractivity contribution in [2.24, 2.45) is 0 Å². The summed E-state index contributed by atoms with van der Waals surface area (Å²) in [5.41, 5.74) is 0. The van der Waals surface area contributed by atoms with E-state index in [-0.39, 0.29) is 23.0 Å². The summed E-state index contributed by atoms with van der Waals surface area (Å²) in [5.74, 6) is -0.205. The maximum absolute atomic E-state index is 13.3. The Morgan fingerprint density at radius 1 is 1.09 bits per heavy atom. The third-order valence-corrected chi connectivity index (χ3v) is 9.03. The molecule has 3 aromatic rings. The molecule has 0 bridgehead atoms. The topological polar surface area (TPSA) is 80.0 Å². The van der Waals surface area contributed by atoms with Crippen molar-refractivity contribution in [2.45, 2.75) is 37.1 Å². The number of amides is 1. The van der Waals surface area contributed by atoms with Crippen molar-refractivity contribution in [2.75, 3.05) is 25.4 Å². The van der Waals surface area contributed by atoms with Gasteiger partial charge < -0.3 is 4.57 Å². The van der Waals surface area contributed by atoms with Crippen LogP contribution in [0.3, 0.4) is 0 Å². The molecule has 0 radical (unpaired) electrons. The number of aromatic nitrogens is 1. The number of thiazole rings is 1. The van der Waals surface area contributed by atoms with Crippen LogP contribution in [0.1, 0.15) is 25.7 Å². The number of carbonyl (C=O) groups is 1. The molecule has 2 heterocycles. The largest absolute Gasteiger partial charge is 0.318 e. The van der Waals surface area contributed by atoms with Crippen LogP contribution in [0.25, 0.3) is 10.8 Å². The number of carbonyl (C=O) groups excluding carboxylic acids is 1. The Kier molecular flexibility index (Phi) is 6.86. The third-order valence-electron chi connectivity index (χ3n) is 6.37. The molecule has 6 nitrogen and oxygen atoms in total. The van der Waals surface area contributed by atoms with Crippen molar-refractivity contribution in [1.82, 2.24) is 4.57 Å². The van der Waals surface area contributed by atoms with Gasteiger partial charge in [-0.05, 0) is 54.3 Å². The SMILES string of the molecule is N=c1sccn1CC[N+]1(C(=O)CCS(=O)(=O)c2ccc3cc(Cl)ccc3c2)CCCCC1. The zero-order chi connectivity index (χ0) is 22.8. The average Bonchev–Trinajstić information content (AvgIpc) is 3.21. The van der Waals surface area contributed by atoms with Crippen LogP contribution in [0.15, 0.2) is 52.9 Å². The van der Waals surface area contributed by atoms with Gasteiger partial charge in [0, 0.05) is 16.6 Å². The normalized spacial score (nSPS) is 16.3. The van der Waals surface area contributed by atoms with Crippen molar-refractivity contribution in [1.29, 1.82) is 5.41 Å². The molecule has 1 aliphatic rings. The quantitative estimate of drug-likeness (QED) is 0.501. The molecule has 32 heavy (non-hydrogen) atoms. The first-order valence-electron chi connectivity index (χ1n) is 10.8. The van der Waals surface area contributed by atoms with E-state index in [2.05, 4.69) is 0 Å². The summed E-state index contributed by atoms with van der Waals surface area (Å²) in [6.45, 7) is 2.68. The molecule has 0 saturated carbocycles. The first-order chi connectivity index (χ1) is 15.3. The highest BCUT2D eigenvalue weighted by atomic mass is 35.5. The van der Waals surface area contributed by atoms with E-state index < -0.39 is 9.84 Å². The number of benzene rings is 2. The molecular formula is C23H27ClN3O3S2+. The summed E-state index contributed by atoms with van der Waals surface area (Å²) >= 11 is 7.38. The summed E-state index contributed by atoms with van der Waals surface area (Å²) in [4.78, 5) is 14.0. The van der Waals surface area contributed by atoms with Crippen LogP contribution in [0, 0.1) is 5.41 Å². The van der Waals surface area contributed by atoms with Crippen LogP contribution in [0.4, 0.5) is 0 Å². The fourth-order valence-electron chi connectivity index (χ4n) is 4.46. The minimum absolute atomic E-state index is 0.00300. The molecule has 0 aliphatic carbocycles. The monoisotopic (exact) mass is 492 g/mol. The van der Waals surface area contributed by atoms with E-state index in [4.69, 9.17) is 17.0 Å². The van der Waals surface area contributed by atoms with Gasteiger partial charge >= 0.3 is 5.91 Å². The highest BCUT2D eigenvalue weighted by Crippen LogP contribution is 2.25. The van der Waals surface area contributed by atoms with E-state index in [0.717, 1.165) is 43.1 Å². The highest BCUT2D eigenvalue weighted by Gasteiger charge is 2.38. The number of halogens is 1. The van der Waals surface area contributed by atoms with Crippen LogP contribution in [-0.4, -0.2) is 48.8 Å². The second-order valence-electron chi connectivity index (χ2n) is 8.39. The number of sulfone groups is 1. The molecular weight excluding hydrogens is 466 g/mol. The number of piperidine rings is 1. The van der Waals surface area contributed by atoms with Crippen molar-refractivity contribution in [3.63, 3.8) is 0 Å². The summed E-state index contributed by atoms with van der Waals surface area (Å²) in [7, 11) is -3.58. The van der Waals surface area contributed by atoms with Crippen LogP contribution >= 0.6 is 22.9 Å². The van der Waals surface area contributed by atoms with E-state index >= 15 is 0 Å². The third kappa shape index (κ3) is 4.98. The van der Waals surface area contributed by atoms with Gasteiger partial charge in [0.1, 0.15) is 6.54 Å². The van der Waals surface area contributed by atoms with Crippen molar-refractivity contribution < 1.29 is 17.7 Å². The van der Waals surface area contributed by atoms with Gasteiger partial charge in [-0.25, -0.2) is 13.2 Å². The van der Waals surface area contributed by atoms with Gasteiger partial charge in [0.15, 0.2) is 14.6 Å². The maximum atomic E-state index is 13.3. The Labute approximate surface area is 197 Å². The average molecular weight is 493 g/mol. The molecule has 0 unspecified atom stereocenters. The zero-order valence-electron chi connectivity index (χ0n) is 17.8. The first kappa shape index (κ1) is 23.2. The number of quaternary nitrogens is 1. The molecule has 1 aromatic heterocycles. The van der Waals surface area contributed by atoms with Gasteiger partial charge in [0.25, 0.3) is 0 Å². The van der Waals surface area contributed by atoms with Crippen molar-refractivity contribution >= 4 is 49.5 Å². The lowest BCUT2D eigenvalue weighted by molar-refractivity contribution is -0.860. The lowest BCUT2D eigenvalue weighted by Gasteiger charge is -2.39.